The molecule has 1 atom stereocenters. The van der Waals surface area contributed by atoms with Gasteiger partial charge in [0.1, 0.15) is 11.4 Å². The molecule has 1 aliphatic heterocycles. The van der Waals surface area contributed by atoms with E-state index >= 15 is 0 Å². The summed E-state index contributed by atoms with van der Waals surface area (Å²) in [5, 5.41) is 3.48. The van der Waals surface area contributed by atoms with Crippen LogP contribution < -0.4 is 5.32 Å². The average molecular weight is 328 g/mol. The molecular formula is C19H24N2O3. The fourth-order valence-electron chi connectivity index (χ4n) is 2.78. The highest BCUT2D eigenvalue weighted by Crippen LogP contribution is 2.23. The van der Waals surface area contributed by atoms with Crippen LogP contribution in [0, 0.1) is 0 Å². The summed E-state index contributed by atoms with van der Waals surface area (Å²) in [4.78, 5) is 13.9. The van der Waals surface area contributed by atoms with Crippen LogP contribution in [0.1, 0.15) is 27.2 Å². The lowest BCUT2D eigenvalue weighted by Crippen LogP contribution is -2.36. The van der Waals surface area contributed by atoms with E-state index < -0.39 is 5.60 Å². The number of carbonyl (C=O) groups is 1. The average Bonchev–Trinajstić information content (AvgIpc) is 3.17. The highest BCUT2D eigenvalue weighted by Gasteiger charge is 2.29. The van der Waals surface area contributed by atoms with E-state index in [-0.39, 0.29) is 12.1 Å². The molecule has 1 aromatic carbocycles. The lowest BCUT2D eigenvalue weighted by atomic mass is 10.1. The Hall–Kier alpha value is -2.43. The standard InChI is InChI=1S/C19H24N2O3/c1-19(2,3)24-18(22)21-11-10-16(13-21)20-15-8-6-14(7-9-15)17-5-4-12-23-17/h4-9,12,16,20H,10-11,13H2,1-3H3. The summed E-state index contributed by atoms with van der Waals surface area (Å²) in [5.41, 5.74) is 1.64. The molecule has 2 heterocycles. The van der Waals surface area contributed by atoms with Crippen LogP contribution in [0.2, 0.25) is 0 Å². The molecule has 1 N–H and O–H groups in total. The number of nitrogens with one attached hydrogen (secondary N) is 1. The van der Waals surface area contributed by atoms with Crippen LogP contribution in [0.4, 0.5) is 10.5 Å². The molecule has 3 rings (SSSR count). The Bertz CT molecular complexity index is 672. The van der Waals surface area contributed by atoms with Crippen LogP contribution >= 0.6 is 0 Å². The van der Waals surface area contributed by atoms with Gasteiger partial charge >= 0.3 is 6.09 Å². The summed E-state index contributed by atoms with van der Waals surface area (Å²) in [6, 6.07) is 12.2. The van der Waals surface area contributed by atoms with Gasteiger partial charge in [-0.05, 0) is 63.6 Å². The van der Waals surface area contributed by atoms with Gasteiger partial charge < -0.3 is 19.4 Å². The molecule has 1 aromatic heterocycles. The molecule has 5 nitrogen and oxygen atoms in total. The Labute approximate surface area is 142 Å². The van der Waals surface area contributed by atoms with Gasteiger partial charge in [-0.2, -0.15) is 0 Å². The maximum Gasteiger partial charge on any atom is 0.410 e. The molecule has 1 saturated heterocycles. The fourth-order valence-corrected chi connectivity index (χ4v) is 2.78. The summed E-state index contributed by atoms with van der Waals surface area (Å²) in [5.74, 6) is 0.860. The van der Waals surface area contributed by atoms with E-state index in [0.29, 0.717) is 6.54 Å². The number of nitrogens with zero attached hydrogens (tertiary/aromatic N) is 1. The smallest absolute Gasteiger partial charge is 0.410 e. The monoisotopic (exact) mass is 328 g/mol. The summed E-state index contributed by atoms with van der Waals surface area (Å²) < 4.78 is 10.8. The van der Waals surface area contributed by atoms with Crippen LogP contribution in [0.5, 0.6) is 0 Å². The van der Waals surface area contributed by atoms with Gasteiger partial charge in [0.2, 0.25) is 0 Å². The summed E-state index contributed by atoms with van der Waals surface area (Å²) >= 11 is 0. The molecule has 0 spiro atoms. The molecule has 0 aliphatic carbocycles. The lowest BCUT2D eigenvalue weighted by Gasteiger charge is -2.24. The van der Waals surface area contributed by atoms with Crippen LogP contribution in [-0.4, -0.2) is 35.7 Å². The Kier molecular flexibility index (Phi) is 4.51. The predicted molar refractivity (Wildman–Crippen MR) is 94.0 cm³/mol. The fraction of sp³-hybridized carbons (Fsp3) is 0.421. The molecule has 5 heteroatoms. The van der Waals surface area contributed by atoms with Crippen molar-refractivity contribution in [3.63, 3.8) is 0 Å². The maximum absolute atomic E-state index is 12.1. The molecule has 0 bridgehead atoms. The molecule has 0 saturated carbocycles. The number of likely N-dealkylation sites (tertiary alicyclic amines) is 1. The number of furan rings is 1. The van der Waals surface area contributed by atoms with Crippen molar-refractivity contribution in [2.45, 2.75) is 38.8 Å². The largest absolute Gasteiger partial charge is 0.464 e. The number of hydrogen-bond acceptors (Lipinski definition) is 4. The zero-order valence-electron chi connectivity index (χ0n) is 14.4. The molecule has 1 amide bonds. The van der Waals surface area contributed by atoms with Gasteiger partial charge in [0.15, 0.2) is 0 Å². The van der Waals surface area contributed by atoms with E-state index in [1.807, 2.05) is 57.2 Å². The van der Waals surface area contributed by atoms with Gasteiger partial charge in [-0.3, -0.25) is 0 Å². The van der Waals surface area contributed by atoms with Gasteiger partial charge in [0, 0.05) is 30.4 Å². The lowest BCUT2D eigenvalue weighted by molar-refractivity contribution is 0.0293. The molecule has 0 radical (unpaired) electrons. The van der Waals surface area contributed by atoms with Crippen molar-refractivity contribution in [1.29, 1.82) is 0 Å². The number of rotatable bonds is 3. The third-order valence-electron chi connectivity index (χ3n) is 3.90. The van der Waals surface area contributed by atoms with Gasteiger partial charge in [-0.15, -0.1) is 0 Å². The quantitative estimate of drug-likeness (QED) is 0.909. The van der Waals surface area contributed by atoms with Crippen LogP contribution in [-0.2, 0) is 4.74 Å². The number of anilines is 1. The second-order valence-electron chi connectivity index (χ2n) is 7.11. The number of ether oxygens (including phenoxy) is 1. The van der Waals surface area contributed by atoms with Crippen molar-refractivity contribution in [3.05, 3.63) is 42.7 Å². The molecule has 2 aromatic rings. The van der Waals surface area contributed by atoms with Gasteiger partial charge in [-0.1, -0.05) is 0 Å². The van der Waals surface area contributed by atoms with E-state index in [4.69, 9.17) is 9.15 Å². The Morgan fingerprint density at radius 3 is 2.62 bits per heavy atom. The zero-order chi connectivity index (χ0) is 17.2. The third-order valence-corrected chi connectivity index (χ3v) is 3.90. The second-order valence-corrected chi connectivity index (χ2v) is 7.11. The number of amides is 1. The van der Waals surface area contributed by atoms with Crippen molar-refractivity contribution < 1.29 is 13.9 Å². The Morgan fingerprint density at radius 2 is 2.00 bits per heavy atom. The molecule has 128 valence electrons. The normalized spacial score (nSPS) is 17.8. The van der Waals surface area contributed by atoms with Crippen molar-refractivity contribution in [2.75, 3.05) is 18.4 Å². The van der Waals surface area contributed by atoms with Gasteiger partial charge in [0.25, 0.3) is 0 Å². The SMILES string of the molecule is CC(C)(C)OC(=O)N1CCC(Nc2ccc(-c3ccco3)cc2)C1. The number of carbonyl (C=O) groups excluding carboxylic acids is 1. The Morgan fingerprint density at radius 1 is 1.25 bits per heavy atom. The predicted octanol–water partition coefficient (Wildman–Crippen LogP) is 4.37. The molecule has 24 heavy (non-hydrogen) atoms. The summed E-state index contributed by atoms with van der Waals surface area (Å²) in [7, 11) is 0. The van der Waals surface area contributed by atoms with Crippen LogP contribution in [0.3, 0.4) is 0 Å². The van der Waals surface area contributed by atoms with Gasteiger partial charge in [0.05, 0.1) is 6.26 Å². The minimum atomic E-state index is -0.454. The first kappa shape index (κ1) is 16.4. The third kappa shape index (κ3) is 4.10. The van der Waals surface area contributed by atoms with Crippen molar-refractivity contribution in [2.24, 2.45) is 0 Å². The van der Waals surface area contributed by atoms with Gasteiger partial charge in [-0.25, -0.2) is 4.79 Å². The molecule has 1 fully saturated rings. The van der Waals surface area contributed by atoms with Crippen LogP contribution in [0.25, 0.3) is 11.3 Å². The number of benzene rings is 1. The van der Waals surface area contributed by atoms with E-state index in [1.165, 1.54) is 0 Å². The van der Waals surface area contributed by atoms with Crippen LogP contribution in [0.15, 0.2) is 47.1 Å². The highest BCUT2D eigenvalue weighted by atomic mass is 16.6. The zero-order valence-corrected chi connectivity index (χ0v) is 14.4. The first-order valence-corrected chi connectivity index (χ1v) is 8.29. The minimum Gasteiger partial charge on any atom is -0.464 e. The van der Waals surface area contributed by atoms with E-state index in [1.54, 1.807) is 11.2 Å². The first-order chi connectivity index (χ1) is 11.4. The molecular weight excluding hydrogens is 304 g/mol. The second kappa shape index (κ2) is 6.59. The molecule has 1 aliphatic rings. The van der Waals surface area contributed by atoms with Crippen molar-refractivity contribution in [1.82, 2.24) is 4.90 Å². The summed E-state index contributed by atoms with van der Waals surface area (Å²) in [6.45, 7) is 7.04. The maximum atomic E-state index is 12.1. The van der Waals surface area contributed by atoms with E-state index in [2.05, 4.69) is 5.32 Å². The number of hydrogen-bond donors (Lipinski definition) is 1. The minimum absolute atomic E-state index is 0.236. The summed E-state index contributed by atoms with van der Waals surface area (Å²) in [6.07, 6.45) is 2.35. The highest BCUT2D eigenvalue weighted by molar-refractivity contribution is 5.69. The molecule has 1 unspecified atom stereocenters. The van der Waals surface area contributed by atoms with E-state index in [9.17, 15) is 4.79 Å². The van der Waals surface area contributed by atoms with Crippen molar-refractivity contribution in [3.8, 4) is 11.3 Å². The van der Waals surface area contributed by atoms with E-state index in [0.717, 1.165) is 30.0 Å². The van der Waals surface area contributed by atoms with Crippen molar-refractivity contribution >= 4 is 11.8 Å². The topological polar surface area (TPSA) is 54.7 Å². The first-order valence-electron chi connectivity index (χ1n) is 8.29. The Balaban J connectivity index is 1.55.